The van der Waals surface area contributed by atoms with E-state index in [1.807, 2.05) is 32.4 Å². The van der Waals surface area contributed by atoms with Gasteiger partial charge in [-0.2, -0.15) is 0 Å². The number of aromatic nitrogens is 4. The molecule has 25 heavy (non-hydrogen) atoms. The van der Waals surface area contributed by atoms with Crippen molar-refractivity contribution in [2.24, 2.45) is 7.05 Å². The maximum Gasteiger partial charge on any atom is 0.225 e. The van der Waals surface area contributed by atoms with Crippen LogP contribution in [0.4, 0.5) is 5.95 Å². The highest BCUT2D eigenvalue weighted by Crippen LogP contribution is 2.23. The number of hydrogen-bond donors (Lipinski definition) is 0. The van der Waals surface area contributed by atoms with Gasteiger partial charge in [0.25, 0.3) is 0 Å². The Labute approximate surface area is 148 Å². The van der Waals surface area contributed by atoms with Crippen LogP contribution in [0.2, 0.25) is 0 Å². The lowest BCUT2D eigenvalue weighted by Crippen LogP contribution is -2.39. The predicted molar refractivity (Wildman–Crippen MR) is 95.4 cm³/mol. The van der Waals surface area contributed by atoms with Crippen molar-refractivity contribution < 1.29 is 4.74 Å². The second-order valence-corrected chi connectivity index (χ2v) is 6.99. The van der Waals surface area contributed by atoms with Gasteiger partial charge in [0.15, 0.2) is 0 Å². The first-order chi connectivity index (χ1) is 12.2. The Hall–Kier alpha value is -1.99. The summed E-state index contributed by atoms with van der Waals surface area (Å²) in [4.78, 5) is 18.5. The molecule has 4 rings (SSSR count). The van der Waals surface area contributed by atoms with Gasteiger partial charge in [0.05, 0.1) is 18.0 Å². The Morgan fingerprint density at radius 1 is 1.20 bits per heavy atom. The SMILES string of the molecule is Cc1cn(C)c([C@@H]2CN(Cc3ccnc(N4CCCC4)n3)CCO2)n1. The van der Waals surface area contributed by atoms with Crippen LogP contribution in [0.5, 0.6) is 0 Å². The number of morpholine rings is 1. The first-order valence-electron chi connectivity index (χ1n) is 9.10. The molecule has 0 aromatic carbocycles. The third-order valence-corrected chi connectivity index (χ3v) is 4.95. The lowest BCUT2D eigenvalue weighted by atomic mass is 10.2. The van der Waals surface area contributed by atoms with E-state index < -0.39 is 0 Å². The molecule has 2 aromatic heterocycles. The molecule has 4 heterocycles. The van der Waals surface area contributed by atoms with Crippen molar-refractivity contribution in [1.82, 2.24) is 24.4 Å². The highest BCUT2D eigenvalue weighted by Gasteiger charge is 2.26. The molecule has 7 nitrogen and oxygen atoms in total. The van der Waals surface area contributed by atoms with E-state index >= 15 is 0 Å². The summed E-state index contributed by atoms with van der Waals surface area (Å²) in [5.74, 6) is 1.88. The maximum absolute atomic E-state index is 5.97. The molecule has 2 aromatic rings. The smallest absolute Gasteiger partial charge is 0.225 e. The zero-order valence-electron chi connectivity index (χ0n) is 15.1. The molecule has 7 heteroatoms. The van der Waals surface area contributed by atoms with Crippen molar-refractivity contribution in [2.45, 2.75) is 32.4 Å². The molecule has 2 fully saturated rings. The van der Waals surface area contributed by atoms with Gasteiger partial charge < -0.3 is 14.2 Å². The van der Waals surface area contributed by atoms with Gasteiger partial charge in [0.2, 0.25) is 5.95 Å². The number of hydrogen-bond acceptors (Lipinski definition) is 6. The summed E-state index contributed by atoms with van der Waals surface area (Å²) in [5, 5.41) is 0. The summed E-state index contributed by atoms with van der Waals surface area (Å²) in [7, 11) is 2.03. The molecule has 0 bridgehead atoms. The molecule has 0 aliphatic carbocycles. The normalized spacial score (nSPS) is 21.8. The van der Waals surface area contributed by atoms with Crippen LogP contribution in [0, 0.1) is 6.92 Å². The van der Waals surface area contributed by atoms with Gasteiger partial charge in [-0.1, -0.05) is 0 Å². The summed E-state index contributed by atoms with van der Waals surface area (Å²) in [5.41, 5.74) is 2.11. The molecule has 2 aliphatic heterocycles. The quantitative estimate of drug-likeness (QED) is 0.843. The zero-order chi connectivity index (χ0) is 17.2. The summed E-state index contributed by atoms with van der Waals surface area (Å²) >= 11 is 0. The fraction of sp³-hybridized carbons (Fsp3) is 0.611. The van der Waals surface area contributed by atoms with E-state index in [1.165, 1.54) is 12.8 Å². The third kappa shape index (κ3) is 3.67. The van der Waals surface area contributed by atoms with Crippen LogP contribution >= 0.6 is 0 Å². The van der Waals surface area contributed by atoms with Crippen LogP contribution in [0.1, 0.15) is 36.2 Å². The first kappa shape index (κ1) is 16.5. The van der Waals surface area contributed by atoms with Gasteiger partial charge in [-0.05, 0) is 25.8 Å². The Balaban J connectivity index is 1.44. The van der Waals surface area contributed by atoms with Gasteiger partial charge in [0, 0.05) is 52.2 Å². The Morgan fingerprint density at radius 3 is 2.80 bits per heavy atom. The number of ether oxygens (including phenoxy) is 1. The second kappa shape index (κ2) is 7.09. The van der Waals surface area contributed by atoms with Crippen LogP contribution in [0.3, 0.4) is 0 Å². The van der Waals surface area contributed by atoms with E-state index in [0.29, 0.717) is 0 Å². The standard InChI is InChI=1S/C18H26N6O/c1-14-11-22(2)17(20-14)16-13-23(9-10-25-16)12-15-5-6-19-18(21-15)24-7-3-4-8-24/h5-6,11,16H,3-4,7-10,12-13H2,1-2H3/t16-/m0/s1. The fourth-order valence-corrected chi connectivity index (χ4v) is 3.71. The second-order valence-electron chi connectivity index (χ2n) is 6.99. The maximum atomic E-state index is 5.97. The monoisotopic (exact) mass is 342 g/mol. The molecule has 0 amide bonds. The molecule has 2 aliphatic rings. The molecule has 2 saturated heterocycles. The minimum absolute atomic E-state index is 0.0207. The van der Waals surface area contributed by atoms with Gasteiger partial charge in [-0.15, -0.1) is 0 Å². The summed E-state index contributed by atoms with van der Waals surface area (Å²) in [6.07, 6.45) is 6.43. The molecular formula is C18H26N6O. The first-order valence-corrected chi connectivity index (χ1v) is 9.10. The molecule has 0 saturated carbocycles. The van der Waals surface area contributed by atoms with Crippen LogP contribution in [-0.2, 0) is 18.3 Å². The van der Waals surface area contributed by atoms with Crippen molar-refractivity contribution in [2.75, 3.05) is 37.7 Å². The van der Waals surface area contributed by atoms with E-state index in [2.05, 4.69) is 24.3 Å². The van der Waals surface area contributed by atoms with E-state index in [1.54, 1.807) is 0 Å². The topological polar surface area (TPSA) is 59.3 Å². The Kier molecular flexibility index (Phi) is 4.67. The van der Waals surface area contributed by atoms with Gasteiger partial charge in [-0.25, -0.2) is 15.0 Å². The van der Waals surface area contributed by atoms with Gasteiger partial charge in [0.1, 0.15) is 11.9 Å². The van der Waals surface area contributed by atoms with Gasteiger partial charge in [-0.3, -0.25) is 4.90 Å². The van der Waals surface area contributed by atoms with Crippen molar-refractivity contribution in [3.63, 3.8) is 0 Å². The Bertz CT molecular complexity index is 724. The van der Waals surface area contributed by atoms with Gasteiger partial charge >= 0.3 is 0 Å². The minimum Gasteiger partial charge on any atom is -0.368 e. The summed E-state index contributed by atoms with van der Waals surface area (Å²) in [6.45, 7) is 7.47. The van der Waals surface area contributed by atoms with Crippen molar-refractivity contribution in [3.8, 4) is 0 Å². The summed E-state index contributed by atoms with van der Waals surface area (Å²) < 4.78 is 8.03. The molecule has 1 atom stereocenters. The average molecular weight is 342 g/mol. The van der Waals surface area contributed by atoms with Crippen molar-refractivity contribution >= 4 is 5.95 Å². The molecule has 0 spiro atoms. The number of aryl methyl sites for hydroxylation is 2. The molecular weight excluding hydrogens is 316 g/mol. The highest BCUT2D eigenvalue weighted by atomic mass is 16.5. The number of anilines is 1. The summed E-state index contributed by atoms with van der Waals surface area (Å²) in [6, 6.07) is 2.02. The molecule has 0 radical (unpaired) electrons. The number of rotatable bonds is 4. The lowest BCUT2D eigenvalue weighted by Gasteiger charge is -2.32. The van der Waals surface area contributed by atoms with Crippen molar-refractivity contribution in [3.05, 3.63) is 35.7 Å². The Morgan fingerprint density at radius 2 is 2.04 bits per heavy atom. The fourth-order valence-electron chi connectivity index (χ4n) is 3.71. The van der Waals surface area contributed by atoms with Crippen LogP contribution in [0.15, 0.2) is 18.5 Å². The third-order valence-electron chi connectivity index (χ3n) is 4.95. The van der Waals surface area contributed by atoms with E-state index in [-0.39, 0.29) is 6.10 Å². The largest absolute Gasteiger partial charge is 0.368 e. The van der Waals surface area contributed by atoms with Crippen LogP contribution in [-0.4, -0.2) is 57.2 Å². The highest BCUT2D eigenvalue weighted by molar-refractivity contribution is 5.31. The molecule has 0 N–H and O–H groups in total. The predicted octanol–water partition coefficient (Wildman–Crippen LogP) is 1.69. The number of imidazole rings is 1. The zero-order valence-corrected chi connectivity index (χ0v) is 15.1. The van der Waals surface area contributed by atoms with Crippen LogP contribution < -0.4 is 4.90 Å². The van der Waals surface area contributed by atoms with E-state index in [4.69, 9.17) is 9.72 Å². The molecule has 134 valence electrons. The minimum atomic E-state index is 0.0207. The number of nitrogens with zero attached hydrogens (tertiary/aromatic N) is 6. The van der Waals surface area contributed by atoms with E-state index in [9.17, 15) is 0 Å². The van der Waals surface area contributed by atoms with E-state index in [0.717, 1.165) is 62.5 Å². The average Bonchev–Trinajstić information content (AvgIpc) is 3.25. The lowest BCUT2D eigenvalue weighted by molar-refractivity contribution is -0.0387. The van der Waals surface area contributed by atoms with Crippen LogP contribution in [0.25, 0.3) is 0 Å². The van der Waals surface area contributed by atoms with Crippen molar-refractivity contribution in [1.29, 1.82) is 0 Å². The molecule has 0 unspecified atom stereocenters.